The fourth-order valence-corrected chi connectivity index (χ4v) is 3.64. The highest BCUT2D eigenvalue weighted by Gasteiger charge is 2.29. The number of likely N-dealkylation sites (tertiary alicyclic amines) is 1. The fraction of sp³-hybridized carbons (Fsp3) is 0.545. The third-order valence-electron chi connectivity index (χ3n) is 5.13. The first-order chi connectivity index (χ1) is 15.0. The van der Waals surface area contributed by atoms with Gasteiger partial charge in [0, 0.05) is 38.4 Å². The normalized spacial score (nSPS) is 14.8. The van der Waals surface area contributed by atoms with Gasteiger partial charge in [0.1, 0.15) is 17.1 Å². The molecular formula is C22H31N5O5. The SMILES string of the molecule is Cc1cc(NC(=O)CN(C)C(=O)c2cccn2C2CCN(C(=O)OC(C)(C)C)CC2)no1. The number of carbonyl (C=O) groups is 3. The first-order valence-corrected chi connectivity index (χ1v) is 10.7. The standard InChI is InChI=1S/C22H31N5O5/c1-15-13-18(24-32-15)23-19(28)14-25(5)20(29)17-7-6-10-27(17)16-8-11-26(12-9-16)21(30)31-22(2,3)4/h6-7,10,13,16H,8-9,11-12,14H2,1-5H3,(H,23,24,28). The Morgan fingerprint density at radius 1 is 1.28 bits per heavy atom. The van der Waals surface area contributed by atoms with Crippen LogP contribution in [0.5, 0.6) is 0 Å². The molecule has 10 heteroatoms. The molecular weight excluding hydrogens is 414 g/mol. The Labute approximate surface area is 187 Å². The molecule has 0 unspecified atom stereocenters. The van der Waals surface area contributed by atoms with Crippen LogP contribution in [0, 0.1) is 6.92 Å². The van der Waals surface area contributed by atoms with Crippen molar-refractivity contribution in [3.8, 4) is 0 Å². The minimum Gasteiger partial charge on any atom is -0.444 e. The van der Waals surface area contributed by atoms with E-state index in [1.54, 1.807) is 31.0 Å². The molecule has 0 aromatic carbocycles. The molecule has 0 radical (unpaired) electrons. The number of hydrogen-bond donors (Lipinski definition) is 1. The summed E-state index contributed by atoms with van der Waals surface area (Å²) in [5, 5.41) is 6.33. The minimum absolute atomic E-state index is 0.0861. The average molecular weight is 446 g/mol. The zero-order valence-electron chi connectivity index (χ0n) is 19.3. The molecule has 2 aromatic rings. The molecule has 1 fully saturated rings. The Hall–Kier alpha value is -3.30. The highest BCUT2D eigenvalue weighted by atomic mass is 16.6. The van der Waals surface area contributed by atoms with Gasteiger partial charge in [-0.25, -0.2) is 4.79 Å². The van der Waals surface area contributed by atoms with Gasteiger partial charge in [-0.2, -0.15) is 0 Å². The summed E-state index contributed by atoms with van der Waals surface area (Å²) in [7, 11) is 1.58. The highest BCUT2D eigenvalue weighted by molar-refractivity contribution is 5.98. The van der Waals surface area contributed by atoms with Crippen molar-refractivity contribution in [2.24, 2.45) is 0 Å². The minimum atomic E-state index is -0.530. The lowest BCUT2D eigenvalue weighted by Gasteiger charge is -2.34. The van der Waals surface area contributed by atoms with Gasteiger partial charge in [-0.15, -0.1) is 0 Å². The molecule has 0 saturated carbocycles. The predicted octanol–water partition coefficient (Wildman–Crippen LogP) is 3.07. The van der Waals surface area contributed by atoms with Crippen molar-refractivity contribution < 1.29 is 23.6 Å². The zero-order valence-corrected chi connectivity index (χ0v) is 19.3. The van der Waals surface area contributed by atoms with Gasteiger partial charge in [0.05, 0.1) is 6.54 Å². The third kappa shape index (κ3) is 5.89. The Balaban J connectivity index is 1.57. The average Bonchev–Trinajstić information content (AvgIpc) is 3.35. The van der Waals surface area contributed by atoms with E-state index in [0.29, 0.717) is 43.2 Å². The number of anilines is 1. The third-order valence-corrected chi connectivity index (χ3v) is 5.13. The molecule has 32 heavy (non-hydrogen) atoms. The van der Waals surface area contributed by atoms with Crippen LogP contribution < -0.4 is 5.32 Å². The molecule has 3 amide bonds. The second-order valence-corrected chi connectivity index (χ2v) is 9.03. The number of aryl methyl sites for hydroxylation is 1. The number of hydrogen-bond acceptors (Lipinski definition) is 6. The van der Waals surface area contributed by atoms with E-state index in [2.05, 4.69) is 10.5 Å². The molecule has 1 saturated heterocycles. The summed E-state index contributed by atoms with van der Waals surface area (Å²) in [5.74, 6) is 0.280. The second-order valence-electron chi connectivity index (χ2n) is 9.03. The topological polar surface area (TPSA) is 110 Å². The van der Waals surface area contributed by atoms with E-state index in [1.807, 2.05) is 37.6 Å². The van der Waals surface area contributed by atoms with E-state index in [1.165, 1.54) is 4.90 Å². The lowest BCUT2D eigenvalue weighted by molar-refractivity contribution is -0.116. The van der Waals surface area contributed by atoms with Crippen LogP contribution in [0.2, 0.25) is 0 Å². The van der Waals surface area contributed by atoms with E-state index < -0.39 is 5.60 Å². The number of rotatable bonds is 5. The van der Waals surface area contributed by atoms with Gasteiger partial charge in [-0.3, -0.25) is 9.59 Å². The van der Waals surface area contributed by atoms with Crippen molar-refractivity contribution in [3.05, 3.63) is 35.9 Å². The first-order valence-electron chi connectivity index (χ1n) is 10.7. The maximum atomic E-state index is 13.0. The van der Waals surface area contributed by atoms with Gasteiger partial charge < -0.3 is 28.9 Å². The maximum absolute atomic E-state index is 13.0. The van der Waals surface area contributed by atoms with Gasteiger partial charge in [0.25, 0.3) is 5.91 Å². The van der Waals surface area contributed by atoms with Crippen LogP contribution in [0.1, 0.15) is 55.9 Å². The van der Waals surface area contributed by atoms with Gasteiger partial charge in [0.15, 0.2) is 5.82 Å². The molecule has 2 aromatic heterocycles. The first kappa shape index (κ1) is 23.4. The molecule has 174 valence electrons. The summed E-state index contributed by atoms with van der Waals surface area (Å²) in [4.78, 5) is 40.6. The second kappa shape index (κ2) is 9.46. The summed E-state index contributed by atoms with van der Waals surface area (Å²) < 4.78 is 12.3. The molecule has 10 nitrogen and oxygen atoms in total. The molecule has 0 bridgehead atoms. The molecule has 1 aliphatic rings. The summed E-state index contributed by atoms with van der Waals surface area (Å²) in [6, 6.07) is 5.26. The van der Waals surface area contributed by atoms with E-state index >= 15 is 0 Å². The molecule has 3 rings (SSSR count). The van der Waals surface area contributed by atoms with Crippen molar-refractivity contribution >= 4 is 23.7 Å². The van der Waals surface area contributed by atoms with Crippen LogP contribution in [-0.2, 0) is 9.53 Å². The smallest absolute Gasteiger partial charge is 0.410 e. The van der Waals surface area contributed by atoms with Gasteiger partial charge in [-0.1, -0.05) is 5.16 Å². The Kier molecular flexibility index (Phi) is 6.90. The number of piperidine rings is 1. The maximum Gasteiger partial charge on any atom is 0.410 e. The monoisotopic (exact) mass is 445 g/mol. The van der Waals surface area contributed by atoms with E-state index in [9.17, 15) is 14.4 Å². The Morgan fingerprint density at radius 2 is 1.97 bits per heavy atom. The fourth-order valence-electron chi connectivity index (χ4n) is 3.64. The zero-order chi connectivity index (χ0) is 23.5. The van der Waals surface area contributed by atoms with Gasteiger partial charge in [-0.05, 0) is 52.7 Å². The molecule has 1 aliphatic heterocycles. The van der Waals surface area contributed by atoms with E-state index in [0.717, 1.165) is 0 Å². The van der Waals surface area contributed by atoms with Crippen molar-refractivity contribution in [2.75, 3.05) is 32.0 Å². The van der Waals surface area contributed by atoms with E-state index in [4.69, 9.17) is 9.26 Å². The molecule has 3 heterocycles. The van der Waals surface area contributed by atoms with Crippen LogP contribution >= 0.6 is 0 Å². The Bertz CT molecular complexity index is 966. The van der Waals surface area contributed by atoms with Crippen molar-refractivity contribution in [2.45, 2.75) is 52.2 Å². The summed E-state index contributed by atoms with van der Waals surface area (Å²) in [6.45, 7) is 8.26. The lowest BCUT2D eigenvalue weighted by atomic mass is 10.0. The summed E-state index contributed by atoms with van der Waals surface area (Å²) in [5.41, 5.74) is -0.0227. The molecule has 0 atom stereocenters. The van der Waals surface area contributed by atoms with Gasteiger partial charge >= 0.3 is 6.09 Å². The number of nitrogens with one attached hydrogen (secondary N) is 1. The number of carbonyl (C=O) groups excluding carboxylic acids is 3. The van der Waals surface area contributed by atoms with Gasteiger partial charge in [0.2, 0.25) is 5.91 Å². The number of ether oxygens (including phenoxy) is 1. The quantitative estimate of drug-likeness (QED) is 0.757. The highest BCUT2D eigenvalue weighted by Crippen LogP contribution is 2.26. The summed E-state index contributed by atoms with van der Waals surface area (Å²) >= 11 is 0. The number of amides is 3. The number of likely N-dealkylation sites (N-methyl/N-ethyl adjacent to an activating group) is 1. The number of nitrogens with zero attached hydrogens (tertiary/aromatic N) is 4. The summed E-state index contributed by atoms with van der Waals surface area (Å²) in [6.07, 6.45) is 2.98. The van der Waals surface area contributed by atoms with Crippen molar-refractivity contribution in [3.63, 3.8) is 0 Å². The largest absolute Gasteiger partial charge is 0.444 e. The van der Waals surface area contributed by atoms with E-state index in [-0.39, 0.29) is 30.5 Å². The number of aromatic nitrogens is 2. The van der Waals surface area contributed by atoms with Crippen LogP contribution in [0.4, 0.5) is 10.6 Å². The van der Waals surface area contributed by atoms with Crippen LogP contribution in [0.25, 0.3) is 0 Å². The molecule has 0 spiro atoms. The van der Waals surface area contributed by atoms with Crippen molar-refractivity contribution in [1.29, 1.82) is 0 Å². The van der Waals surface area contributed by atoms with Crippen LogP contribution in [0.3, 0.4) is 0 Å². The molecule has 1 N–H and O–H groups in total. The lowest BCUT2D eigenvalue weighted by Crippen LogP contribution is -2.42. The van der Waals surface area contributed by atoms with Crippen LogP contribution in [0.15, 0.2) is 28.9 Å². The Morgan fingerprint density at radius 3 is 2.56 bits per heavy atom. The molecule has 0 aliphatic carbocycles. The van der Waals surface area contributed by atoms with Crippen molar-refractivity contribution in [1.82, 2.24) is 19.5 Å². The van der Waals surface area contributed by atoms with Crippen LogP contribution in [-0.4, -0.2) is 69.7 Å². The predicted molar refractivity (Wildman–Crippen MR) is 117 cm³/mol.